The van der Waals surface area contributed by atoms with Gasteiger partial charge in [0.2, 0.25) is 0 Å². The normalized spacial score (nSPS) is 15.9. The third-order valence-electron chi connectivity index (χ3n) is 4.08. The number of rotatable bonds is 5. The minimum Gasteiger partial charge on any atom is -0.497 e. The van der Waals surface area contributed by atoms with Gasteiger partial charge in [-0.15, -0.1) is 0 Å². The van der Waals surface area contributed by atoms with E-state index in [0.29, 0.717) is 5.75 Å². The van der Waals surface area contributed by atoms with E-state index in [1.54, 1.807) is 24.3 Å². The van der Waals surface area contributed by atoms with Crippen LogP contribution in [-0.4, -0.2) is 32.1 Å². The summed E-state index contributed by atoms with van der Waals surface area (Å²) in [6, 6.07) is 13.3. The molecule has 1 heterocycles. The molecule has 0 spiro atoms. The SMILES string of the molecule is COc1ccc(OC)c(N2C(=O)NC(=O)/C(=C\C=C\c3ccccc3)C2=O)c1. The molecule has 0 aromatic heterocycles. The second kappa shape index (κ2) is 8.22. The zero-order valence-electron chi connectivity index (χ0n) is 15.3. The smallest absolute Gasteiger partial charge is 0.336 e. The maximum Gasteiger partial charge on any atom is 0.336 e. The molecule has 1 saturated heterocycles. The van der Waals surface area contributed by atoms with Gasteiger partial charge in [-0.2, -0.15) is 0 Å². The van der Waals surface area contributed by atoms with Gasteiger partial charge in [-0.05, 0) is 23.8 Å². The van der Waals surface area contributed by atoms with Crippen LogP contribution in [0.25, 0.3) is 6.08 Å². The standard InChI is InChI=1S/C21H18N2O5/c1-27-15-11-12-18(28-2)17(13-15)23-20(25)16(19(24)22-21(23)26)10-6-9-14-7-4-3-5-8-14/h3-13H,1-2H3,(H,22,24,26)/b9-6+,16-10+. The van der Waals surface area contributed by atoms with E-state index in [1.807, 2.05) is 30.3 Å². The number of barbiturate groups is 1. The maximum atomic E-state index is 12.9. The monoisotopic (exact) mass is 378 g/mol. The van der Waals surface area contributed by atoms with Crippen LogP contribution in [0.1, 0.15) is 5.56 Å². The second-order valence-corrected chi connectivity index (χ2v) is 5.79. The molecule has 0 radical (unpaired) electrons. The fourth-order valence-electron chi connectivity index (χ4n) is 2.69. The van der Waals surface area contributed by atoms with Crippen LogP contribution in [0.2, 0.25) is 0 Å². The van der Waals surface area contributed by atoms with Crippen molar-refractivity contribution in [2.24, 2.45) is 0 Å². The zero-order valence-corrected chi connectivity index (χ0v) is 15.3. The number of amides is 4. The van der Waals surface area contributed by atoms with Crippen LogP contribution in [0, 0.1) is 0 Å². The zero-order chi connectivity index (χ0) is 20.1. The van der Waals surface area contributed by atoms with E-state index in [2.05, 4.69) is 5.32 Å². The highest BCUT2D eigenvalue weighted by molar-refractivity contribution is 6.38. The molecule has 1 aliphatic rings. The van der Waals surface area contributed by atoms with Crippen molar-refractivity contribution in [2.75, 3.05) is 19.1 Å². The molecule has 7 heteroatoms. The molecule has 0 atom stereocenters. The Morgan fingerprint density at radius 2 is 1.71 bits per heavy atom. The van der Waals surface area contributed by atoms with Gasteiger partial charge < -0.3 is 9.47 Å². The van der Waals surface area contributed by atoms with Crippen molar-refractivity contribution in [3.8, 4) is 11.5 Å². The summed E-state index contributed by atoms with van der Waals surface area (Å²) in [5.74, 6) is -0.788. The molecule has 0 unspecified atom stereocenters. The van der Waals surface area contributed by atoms with Crippen molar-refractivity contribution >= 4 is 29.6 Å². The molecule has 1 fully saturated rings. The van der Waals surface area contributed by atoms with Gasteiger partial charge in [0, 0.05) is 6.07 Å². The fraction of sp³-hybridized carbons (Fsp3) is 0.0952. The summed E-state index contributed by atoms with van der Waals surface area (Å²) in [6.07, 6.45) is 4.70. The Morgan fingerprint density at radius 1 is 0.964 bits per heavy atom. The molecule has 7 nitrogen and oxygen atoms in total. The molecule has 1 N–H and O–H groups in total. The lowest BCUT2D eigenvalue weighted by molar-refractivity contribution is -0.122. The molecular weight excluding hydrogens is 360 g/mol. The molecule has 2 aromatic carbocycles. The van der Waals surface area contributed by atoms with E-state index in [4.69, 9.17) is 9.47 Å². The Balaban J connectivity index is 1.97. The van der Waals surface area contributed by atoms with Gasteiger partial charge in [-0.1, -0.05) is 42.5 Å². The lowest BCUT2D eigenvalue weighted by Crippen LogP contribution is -2.54. The molecule has 2 aromatic rings. The van der Waals surface area contributed by atoms with Gasteiger partial charge in [0.15, 0.2) is 0 Å². The molecular formula is C21H18N2O5. The van der Waals surface area contributed by atoms with Gasteiger partial charge in [0.1, 0.15) is 17.1 Å². The van der Waals surface area contributed by atoms with Crippen LogP contribution in [0.4, 0.5) is 10.5 Å². The summed E-state index contributed by atoms with van der Waals surface area (Å²) >= 11 is 0. The Bertz CT molecular complexity index is 980. The maximum absolute atomic E-state index is 12.9. The Hall–Kier alpha value is -3.87. The molecule has 4 amide bonds. The third-order valence-corrected chi connectivity index (χ3v) is 4.08. The number of ether oxygens (including phenoxy) is 2. The predicted molar refractivity (Wildman–Crippen MR) is 104 cm³/mol. The average molecular weight is 378 g/mol. The second-order valence-electron chi connectivity index (χ2n) is 5.79. The first-order chi connectivity index (χ1) is 13.5. The van der Waals surface area contributed by atoms with E-state index in [9.17, 15) is 14.4 Å². The summed E-state index contributed by atoms with van der Waals surface area (Å²) in [5.41, 5.74) is 0.914. The summed E-state index contributed by atoms with van der Waals surface area (Å²) in [6.45, 7) is 0. The highest BCUT2D eigenvalue weighted by atomic mass is 16.5. The lowest BCUT2D eigenvalue weighted by Gasteiger charge is -2.27. The Morgan fingerprint density at radius 3 is 2.39 bits per heavy atom. The van der Waals surface area contributed by atoms with Crippen molar-refractivity contribution < 1.29 is 23.9 Å². The molecule has 0 aliphatic carbocycles. The van der Waals surface area contributed by atoms with Crippen LogP contribution >= 0.6 is 0 Å². The number of methoxy groups -OCH3 is 2. The average Bonchev–Trinajstić information content (AvgIpc) is 2.71. The van der Waals surface area contributed by atoms with Gasteiger partial charge in [0.05, 0.1) is 19.9 Å². The van der Waals surface area contributed by atoms with Crippen molar-refractivity contribution in [2.45, 2.75) is 0 Å². The highest BCUT2D eigenvalue weighted by Gasteiger charge is 2.38. The largest absolute Gasteiger partial charge is 0.497 e. The molecule has 0 bridgehead atoms. The van der Waals surface area contributed by atoms with Crippen molar-refractivity contribution in [1.82, 2.24) is 5.32 Å². The summed E-state index contributed by atoms with van der Waals surface area (Å²) in [4.78, 5) is 38.3. The molecule has 28 heavy (non-hydrogen) atoms. The number of carbonyl (C=O) groups excluding carboxylic acids is 3. The molecule has 1 aliphatic heterocycles. The van der Waals surface area contributed by atoms with Crippen molar-refractivity contribution in [3.05, 3.63) is 71.8 Å². The number of benzene rings is 2. The lowest BCUT2D eigenvalue weighted by atomic mass is 10.1. The van der Waals surface area contributed by atoms with Crippen LogP contribution < -0.4 is 19.7 Å². The van der Waals surface area contributed by atoms with E-state index in [-0.39, 0.29) is 17.0 Å². The first-order valence-corrected chi connectivity index (χ1v) is 8.40. The first kappa shape index (κ1) is 18.9. The minimum atomic E-state index is -0.856. The van der Waals surface area contributed by atoms with Crippen molar-refractivity contribution in [1.29, 1.82) is 0 Å². The van der Waals surface area contributed by atoms with Gasteiger partial charge in [0.25, 0.3) is 11.8 Å². The first-order valence-electron chi connectivity index (χ1n) is 8.40. The summed E-state index contributed by atoms with van der Waals surface area (Å²) in [5, 5.41) is 2.17. The number of nitrogens with one attached hydrogen (secondary N) is 1. The van der Waals surface area contributed by atoms with E-state index >= 15 is 0 Å². The molecule has 142 valence electrons. The van der Waals surface area contributed by atoms with Gasteiger partial charge in [-0.25, -0.2) is 9.69 Å². The summed E-state index contributed by atoms with van der Waals surface area (Å²) < 4.78 is 10.4. The number of urea groups is 1. The third kappa shape index (κ3) is 3.78. The highest BCUT2D eigenvalue weighted by Crippen LogP contribution is 2.34. The Labute approximate surface area is 161 Å². The van der Waals surface area contributed by atoms with Crippen LogP contribution in [0.15, 0.2) is 66.3 Å². The quantitative estimate of drug-likeness (QED) is 0.639. The van der Waals surface area contributed by atoms with E-state index < -0.39 is 17.8 Å². The number of hydrogen-bond donors (Lipinski definition) is 1. The fourth-order valence-corrected chi connectivity index (χ4v) is 2.69. The summed E-state index contributed by atoms with van der Waals surface area (Å²) in [7, 11) is 2.88. The minimum absolute atomic E-state index is 0.170. The number of carbonyl (C=O) groups is 3. The van der Waals surface area contributed by atoms with Crippen LogP contribution in [0.3, 0.4) is 0 Å². The van der Waals surface area contributed by atoms with Crippen LogP contribution in [0.5, 0.6) is 11.5 Å². The van der Waals surface area contributed by atoms with Crippen molar-refractivity contribution in [3.63, 3.8) is 0 Å². The van der Waals surface area contributed by atoms with Gasteiger partial charge >= 0.3 is 6.03 Å². The van der Waals surface area contributed by atoms with E-state index in [1.165, 1.54) is 26.4 Å². The number of allylic oxidation sites excluding steroid dienone is 2. The number of nitrogens with zero attached hydrogens (tertiary/aromatic N) is 1. The molecule has 3 rings (SSSR count). The Kier molecular flexibility index (Phi) is 5.55. The van der Waals surface area contributed by atoms with Crippen LogP contribution in [-0.2, 0) is 9.59 Å². The predicted octanol–water partition coefficient (Wildman–Crippen LogP) is 2.93. The number of anilines is 1. The topological polar surface area (TPSA) is 84.9 Å². The van der Waals surface area contributed by atoms with Gasteiger partial charge in [-0.3, -0.25) is 14.9 Å². The number of imide groups is 2. The molecule has 0 saturated carbocycles. The number of hydrogen-bond acceptors (Lipinski definition) is 5. The van der Waals surface area contributed by atoms with E-state index in [0.717, 1.165) is 10.5 Å².